The summed E-state index contributed by atoms with van der Waals surface area (Å²) >= 11 is 0. The van der Waals surface area contributed by atoms with Crippen LogP contribution in [0.3, 0.4) is 0 Å². The molecule has 0 bridgehead atoms. The molecule has 1 heterocycles. The molecule has 7 nitrogen and oxygen atoms in total. The zero-order valence-corrected chi connectivity index (χ0v) is 9.21. The molecule has 0 fully saturated rings. The smallest absolute Gasteiger partial charge is 0.397 e. The molecule has 0 aliphatic rings. The molecule has 0 aliphatic heterocycles. The Morgan fingerprint density at radius 2 is 2.00 bits per heavy atom. The third-order valence-electron chi connectivity index (χ3n) is 1.58. The van der Waals surface area contributed by atoms with E-state index in [1.165, 1.54) is 6.07 Å². The van der Waals surface area contributed by atoms with E-state index in [1.54, 1.807) is 0 Å². The van der Waals surface area contributed by atoms with Crippen LogP contribution < -0.4 is 15.6 Å². The number of alkyl halides is 3. The molecule has 0 radical (unpaired) electrons. The van der Waals surface area contributed by atoms with Gasteiger partial charge in [0.1, 0.15) is 11.8 Å². The van der Waals surface area contributed by atoms with E-state index in [4.69, 9.17) is 16.1 Å². The predicted octanol–water partition coefficient (Wildman–Crippen LogP) is 0.0815. The van der Waals surface area contributed by atoms with Gasteiger partial charge in [-0.3, -0.25) is 0 Å². The fourth-order valence-corrected chi connectivity index (χ4v) is 1.77. The number of nitrogens with zero attached hydrogens (tertiary/aromatic N) is 2. The van der Waals surface area contributed by atoms with Gasteiger partial charge in [0.25, 0.3) is 0 Å². The van der Waals surface area contributed by atoms with Crippen LogP contribution in [0.1, 0.15) is 5.69 Å². The number of pyridine rings is 1. The van der Waals surface area contributed by atoms with Gasteiger partial charge in [0.15, 0.2) is 4.90 Å². The minimum atomic E-state index is -5.20. The fourth-order valence-electron chi connectivity index (χ4n) is 1.05. The number of nitriles is 1. The molecule has 4 N–H and O–H groups in total. The first kappa shape index (κ1) is 14.0. The number of sulfonamides is 1. The standard InChI is InChI=1S/C7H5F3N4O3S/c8-7(9,10)17-6-5(18(13,15)16)4(12)1-3(2-11)14-6/h1H,(H2,12,14)(H2,13,15,16). The molecule has 0 atom stereocenters. The summed E-state index contributed by atoms with van der Waals surface area (Å²) in [6, 6.07) is 2.17. The Labute approximate surface area is 98.8 Å². The number of nitrogens with two attached hydrogens (primary N) is 2. The van der Waals surface area contributed by atoms with Gasteiger partial charge in [0, 0.05) is 0 Å². The molecule has 0 amide bonds. The Morgan fingerprint density at radius 1 is 1.44 bits per heavy atom. The van der Waals surface area contributed by atoms with Crippen molar-refractivity contribution in [3.8, 4) is 11.9 Å². The molecule has 1 aromatic rings. The van der Waals surface area contributed by atoms with E-state index < -0.39 is 38.5 Å². The Bertz CT molecular complexity index is 620. The topological polar surface area (TPSA) is 132 Å². The quantitative estimate of drug-likeness (QED) is 0.789. The van der Waals surface area contributed by atoms with Gasteiger partial charge in [-0.25, -0.2) is 18.5 Å². The number of halogens is 3. The minimum Gasteiger partial charge on any atom is -0.397 e. The number of aromatic nitrogens is 1. The number of anilines is 1. The van der Waals surface area contributed by atoms with Gasteiger partial charge < -0.3 is 10.5 Å². The van der Waals surface area contributed by atoms with Crippen molar-refractivity contribution in [2.45, 2.75) is 11.3 Å². The van der Waals surface area contributed by atoms with Crippen molar-refractivity contribution in [2.24, 2.45) is 5.14 Å². The molecular weight excluding hydrogens is 277 g/mol. The van der Waals surface area contributed by atoms with E-state index in [0.29, 0.717) is 0 Å². The zero-order valence-electron chi connectivity index (χ0n) is 8.39. The number of hydrogen-bond acceptors (Lipinski definition) is 6. The lowest BCUT2D eigenvalue weighted by Gasteiger charge is -2.12. The van der Waals surface area contributed by atoms with Crippen molar-refractivity contribution in [2.75, 3.05) is 5.73 Å². The second kappa shape index (κ2) is 4.31. The molecule has 0 spiro atoms. The second-order valence-corrected chi connectivity index (χ2v) is 4.43. The normalized spacial score (nSPS) is 11.9. The van der Waals surface area contributed by atoms with Crippen LogP contribution >= 0.6 is 0 Å². The van der Waals surface area contributed by atoms with Crippen molar-refractivity contribution >= 4 is 15.7 Å². The highest BCUT2D eigenvalue weighted by Gasteiger charge is 2.35. The van der Waals surface area contributed by atoms with E-state index in [0.717, 1.165) is 6.07 Å². The Morgan fingerprint density at radius 3 is 2.39 bits per heavy atom. The van der Waals surface area contributed by atoms with Gasteiger partial charge in [0.05, 0.1) is 5.69 Å². The number of hydrogen-bond donors (Lipinski definition) is 2. The Hall–Kier alpha value is -2.06. The molecule has 18 heavy (non-hydrogen) atoms. The lowest BCUT2D eigenvalue weighted by atomic mass is 10.3. The molecule has 1 rings (SSSR count). The summed E-state index contributed by atoms with van der Waals surface area (Å²) in [6.07, 6.45) is -5.20. The van der Waals surface area contributed by atoms with Gasteiger partial charge >= 0.3 is 6.36 Å². The number of ether oxygens (including phenoxy) is 1. The molecule has 98 valence electrons. The monoisotopic (exact) mass is 282 g/mol. The summed E-state index contributed by atoms with van der Waals surface area (Å²) in [7, 11) is -4.58. The van der Waals surface area contributed by atoms with Crippen LogP contribution in [0.5, 0.6) is 5.88 Å². The van der Waals surface area contributed by atoms with Crippen LogP contribution in [0.15, 0.2) is 11.0 Å². The summed E-state index contributed by atoms with van der Waals surface area (Å²) in [5.41, 5.74) is 4.00. The molecule has 0 saturated heterocycles. The van der Waals surface area contributed by atoms with Crippen molar-refractivity contribution in [3.05, 3.63) is 11.8 Å². The summed E-state index contributed by atoms with van der Waals surface area (Å²) in [5, 5.41) is 13.2. The largest absolute Gasteiger partial charge is 0.574 e. The van der Waals surface area contributed by atoms with Crippen molar-refractivity contribution < 1.29 is 26.3 Å². The van der Waals surface area contributed by atoms with Crippen molar-refractivity contribution in [3.63, 3.8) is 0 Å². The highest BCUT2D eigenvalue weighted by molar-refractivity contribution is 7.89. The maximum atomic E-state index is 12.1. The number of rotatable bonds is 2. The lowest BCUT2D eigenvalue weighted by molar-refractivity contribution is -0.277. The second-order valence-electron chi connectivity index (χ2n) is 2.94. The van der Waals surface area contributed by atoms with E-state index >= 15 is 0 Å². The first-order chi connectivity index (χ1) is 8.04. The summed E-state index contributed by atoms with van der Waals surface area (Å²) in [6.45, 7) is 0. The van der Waals surface area contributed by atoms with E-state index in [2.05, 4.69) is 9.72 Å². The molecule has 0 aliphatic carbocycles. The van der Waals surface area contributed by atoms with E-state index in [1.807, 2.05) is 0 Å². The third kappa shape index (κ3) is 3.22. The minimum absolute atomic E-state index is 0.542. The average Bonchev–Trinajstić information content (AvgIpc) is 2.11. The Balaban J connectivity index is 3.55. The Kier molecular flexibility index (Phi) is 3.36. The van der Waals surface area contributed by atoms with Crippen LogP contribution in [-0.4, -0.2) is 19.8 Å². The number of nitrogen functional groups attached to an aromatic ring is 1. The average molecular weight is 282 g/mol. The molecule has 1 aromatic heterocycles. The molecule has 0 aromatic carbocycles. The van der Waals surface area contributed by atoms with Gasteiger partial charge in [0.2, 0.25) is 15.9 Å². The van der Waals surface area contributed by atoms with Gasteiger partial charge in [-0.1, -0.05) is 0 Å². The molecule has 0 saturated carbocycles. The van der Waals surface area contributed by atoms with Crippen LogP contribution in [0.25, 0.3) is 0 Å². The van der Waals surface area contributed by atoms with Gasteiger partial charge in [-0.2, -0.15) is 5.26 Å². The van der Waals surface area contributed by atoms with Crippen LogP contribution in [-0.2, 0) is 10.0 Å². The SMILES string of the molecule is N#Cc1cc(N)c(S(N)(=O)=O)c(OC(F)(F)F)n1. The highest BCUT2D eigenvalue weighted by atomic mass is 32.2. The molecule has 11 heteroatoms. The third-order valence-corrected chi connectivity index (χ3v) is 2.56. The summed E-state index contributed by atoms with van der Waals surface area (Å²) in [5.74, 6) is -1.39. The lowest BCUT2D eigenvalue weighted by Crippen LogP contribution is -2.23. The predicted molar refractivity (Wildman–Crippen MR) is 51.4 cm³/mol. The van der Waals surface area contributed by atoms with E-state index in [-0.39, 0.29) is 0 Å². The van der Waals surface area contributed by atoms with Gasteiger partial charge in [-0.05, 0) is 6.07 Å². The van der Waals surface area contributed by atoms with E-state index in [9.17, 15) is 21.6 Å². The molecular formula is C7H5F3N4O3S. The fraction of sp³-hybridized carbons (Fsp3) is 0.143. The van der Waals surface area contributed by atoms with Crippen LogP contribution in [0, 0.1) is 11.3 Å². The zero-order chi connectivity index (χ0) is 14.1. The van der Waals surface area contributed by atoms with Gasteiger partial charge in [-0.15, -0.1) is 13.2 Å². The number of primary sulfonamides is 1. The van der Waals surface area contributed by atoms with Crippen molar-refractivity contribution in [1.29, 1.82) is 5.26 Å². The first-order valence-electron chi connectivity index (χ1n) is 4.04. The summed E-state index contributed by atoms with van der Waals surface area (Å²) in [4.78, 5) is 1.94. The molecule has 0 unspecified atom stereocenters. The highest BCUT2D eigenvalue weighted by Crippen LogP contribution is 2.31. The van der Waals surface area contributed by atoms with Crippen LogP contribution in [0.2, 0.25) is 0 Å². The maximum Gasteiger partial charge on any atom is 0.574 e. The van der Waals surface area contributed by atoms with Crippen molar-refractivity contribution in [1.82, 2.24) is 4.98 Å². The first-order valence-corrected chi connectivity index (χ1v) is 5.58. The summed E-state index contributed by atoms with van der Waals surface area (Å²) < 4.78 is 61.7. The maximum absolute atomic E-state index is 12.1. The van der Waals surface area contributed by atoms with Crippen LogP contribution in [0.4, 0.5) is 18.9 Å².